The van der Waals surface area contributed by atoms with Gasteiger partial charge in [0.25, 0.3) is 0 Å². The summed E-state index contributed by atoms with van der Waals surface area (Å²) in [5, 5.41) is 15.2. The second-order valence-electron chi connectivity index (χ2n) is 6.67. The Kier molecular flexibility index (Phi) is 4.64. The first-order chi connectivity index (χ1) is 12.7. The molecule has 2 aromatic rings. The Labute approximate surface area is 152 Å². The number of aromatic nitrogens is 3. The van der Waals surface area contributed by atoms with E-state index in [-0.39, 0.29) is 0 Å². The van der Waals surface area contributed by atoms with Gasteiger partial charge in [-0.05, 0) is 37.0 Å². The van der Waals surface area contributed by atoms with Crippen molar-refractivity contribution in [1.29, 1.82) is 0 Å². The van der Waals surface area contributed by atoms with E-state index in [9.17, 15) is 0 Å². The van der Waals surface area contributed by atoms with Crippen molar-refractivity contribution >= 4 is 5.96 Å². The largest absolute Gasteiger partial charge is 0.454 e. The van der Waals surface area contributed by atoms with Gasteiger partial charge in [0.2, 0.25) is 6.79 Å². The number of hydrogen-bond acceptors (Lipinski definition) is 5. The third-order valence-electron chi connectivity index (χ3n) is 4.91. The molecule has 3 heterocycles. The van der Waals surface area contributed by atoms with Crippen molar-refractivity contribution in [3.05, 3.63) is 35.4 Å². The first kappa shape index (κ1) is 16.7. The molecule has 0 fully saturated rings. The molecular weight excluding hydrogens is 332 g/mol. The molecule has 1 atom stereocenters. The third-order valence-corrected chi connectivity index (χ3v) is 4.91. The van der Waals surface area contributed by atoms with Crippen LogP contribution >= 0.6 is 0 Å². The summed E-state index contributed by atoms with van der Waals surface area (Å²) in [6.07, 6.45) is 2.10. The van der Waals surface area contributed by atoms with E-state index in [0.29, 0.717) is 19.3 Å². The van der Waals surface area contributed by atoms with Gasteiger partial charge in [-0.25, -0.2) is 0 Å². The molecule has 2 aliphatic heterocycles. The second-order valence-corrected chi connectivity index (χ2v) is 6.67. The summed E-state index contributed by atoms with van der Waals surface area (Å²) in [6, 6.07) is 5.97. The summed E-state index contributed by atoms with van der Waals surface area (Å²) in [7, 11) is 1.79. The van der Waals surface area contributed by atoms with Crippen molar-refractivity contribution < 1.29 is 9.47 Å². The molecule has 138 valence electrons. The molecule has 4 rings (SSSR count). The smallest absolute Gasteiger partial charge is 0.231 e. The van der Waals surface area contributed by atoms with Crippen molar-refractivity contribution in [3.63, 3.8) is 0 Å². The Morgan fingerprint density at radius 3 is 3.04 bits per heavy atom. The molecule has 26 heavy (non-hydrogen) atoms. The molecule has 0 amide bonds. The molecule has 0 radical (unpaired) electrons. The zero-order chi connectivity index (χ0) is 17.9. The molecule has 0 aliphatic carbocycles. The van der Waals surface area contributed by atoms with Gasteiger partial charge in [-0.1, -0.05) is 6.07 Å². The normalized spacial score (nSPS) is 18.5. The summed E-state index contributed by atoms with van der Waals surface area (Å²) >= 11 is 0. The molecule has 0 saturated carbocycles. The number of nitrogens with one attached hydrogen (secondary N) is 2. The lowest BCUT2D eigenvalue weighted by Gasteiger charge is -2.25. The van der Waals surface area contributed by atoms with E-state index in [1.807, 2.05) is 25.1 Å². The number of fused-ring (bicyclic) bond motifs is 2. The SMILES string of the molecule is CN=C(NCc1ccc2c(c1)OCO2)NCC1CCc2nnc(C)n2C1. The van der Waals surface area contributed by atoms with Gasteiger partial charge in [0, 0.05) is 33.1 Å². The van der Waals surface area contributed by atoms with E-state index in [1.165, 1.54) is 0 Å². The van der Waals surface area contributed by atoms with Gasteiger partial charge >= 0.3 is 0 Å². The van der Waals surface area contributed by atoms with E-state index >= 15 is 0 Å². The standard InChI is InChI=1S/C18H24N6O2/c1-12-22-23-17-6-4-14(10-24(12)17)9-21-18(19-2)20-8-13-3-5-15-16(7-13)26-11-25-15/h3,5,7,14H,4,6,8-11H2,1-2H3,(H2,19,20,21). The minimum atomic E-state index is 0.296. The predicted molar refractivity (Wildman–Crippen MR) is 97.3 cm³/mol. The fourth-order valence-corrected chi connectivity index (χ4v) is 3.39. The Hall–Kier alpha value is -2.77. The lowest BCUT2D eigenvalue weighted by atomic mass is 9.99. The maximum atomic E-state index is 5.42. The maximum Gasteiger partial charge on any atom is 0.231 e. The highest BCUT2D eigenvalue weighted by Crippen LogP contribution is 2.32. The Bertz CT molecular complexity index is 816. The summed E-state index contributed by atoms with van der Waals surface area (Å²) in [6.45, 7) is 4.82. The van der Waals surface area contributed by atoms with Gasteiger partial charge in [-0.3, -0.25) is 4.99 Å². The van der Waals surface area contributed by atoms with Crippen molar-refractivity contribution in [2.45, 2.75) is 32.9 Å². The molecular formula is C18H24N6O2. The minimum Gasteiger partial charge on any atom is -0.454 e. The van der Waals surface area contributed by atoms with Crippen LogP contribution in [0, 0.1) is 12.8 Å². The first-order valence-electron chi connectivity index (χ1n) is 8.94. The maximum absolute atomic E-state index is 5.42. The van der Waals surface area contributed by atoms with Gasteiger partial charge in [0.05, 0.1) is 0 Å². The number of aliphatic imine (C=N–C) groups is 1. The number of rotatable bonds is 4. The van der Waals surface area contributed by atoms with Crippen LogP contribution in [0.1, 0.15) is 23.6 Å². The van der Waals surface area contributed by atoms with E-state index in [0.717, 1.165) is 60.6 Å². The fraction of sp³-hybridized carbons (Fsp3) is 0.500. The number of guanidine groups is 1. The number of nitrogens with zero attached hydrogens (tertiary/aromatic N) is 4. The van der Waals surface area contributed by atoms with Crippen LogP contribution in [0.4, 0.5) is 0 Å². The Morgan fingerprint density at radius 1 is 1.27 bits per heavy atom. The van der Waals surface area contributed by atoms with Crippen LogP contribution in [0.25, 0.3) is 0 Å². The average molecular weight is 356 g/mol. The van der Waals surface area contributed by atoms with E-state index in [2.05, 4.69) is 30.4 Å². The zero-order valence-electron chi connectivity index (χ0n) is 15.2. The monoisotopic (exact) mass is 356 g/mol. The molecule has 8 heteroatoms. The van der Waals surface area contributed by atoms with Crippen molar-refractivity contribution in [3.8, 4) is 11.5 Å². The van der Waals surface area contributed by atoms with Gasteiger partial charge in [-0.2, -0.15) is 0 Å². The molecule has 0 saturated heterocycles. The quantitative estimate of drug-likeness (QED) is 0.633. The van der Waals surface area contributed by atoms with Crippen LogP contribution in [0.3, 0.4) is 0 Å². The molecule has 1 aromatic carbocycles. The van der Waals surface area contributed by atoms with Gasteiger partial charge in [-0.15, -0.1) is 10.2 Å². The number of ether oxygens (including phenoxy) is 2. The molecule has 1 aromatic heterocycles. The lowest BCUT2D eigenvalue weighted by Crippen LogP contribution is -2.41. The van der Waals surface area contributed by atoms with E-state index in [4.69, 9.17) is 9.47 Å². The van der Waals surface area contributed by atoms with Gasteiger partial charge in [0.15, 0.2) is 17.5 Å². The van der Waals surface area contributed by atoms with Crippen molar-refractivity contribution in [2.75, 3.05) is 20.4 Å². The Balaban J connectivity index is 1.28. The first-order valence-corrected chi connectivity index (χ1v) is 8.94. The highest BCUT2D eigenvalue weighted by atomic mass is 16.7. The highest BCUT2D eigenvalue weighted by Gasteiger charge is 2.21. The van der Waals surface area contributed by atoms with Crippen molar-refractivity contribution in [1.82, 2.24) is 25.4 Å². The molecule has 0 spiro atoms. The van der Waals surface area contributed by atoms with E-state index < -0.39 is 0 Å². The van der Waals surface area contributed by atoms with Crippen LogP contribution in [0.5, 0.6) is 11.5 Å². The van der Waals surface area contributed by atoms with Gasteiger partial charge in [0.1, 0.15) is 11.6 Å². The Morgan fingerprint density at radius 2 is 2.15 bits per heavy atom. The number of aryl methyl sites for hydroxylation is 2. The van der Waals surface area contributed by atoms with Crippen LogP contribution < -0.4 is 20.1 Å². The number of benzene rings is 1. The lowest BCUT2D eigenvalue weighted by molar-refractivity contribution is 0.174. The average Bonchev–Trinajstić information content (AvgIpc) is 3.28. The summed E-state index contributed by atoms with van der Waals surface area (Å²) < 4.78 is 13.0. The van der Waals surface area contributed by atoms with E-state index in [1.54, 1.807) is 7.05 Å². The summed E-state index contributed by atoms with van der Waals surface area (Å²) in [5.41, 5.74) is 1.12. The molecule has 1 unspecified atom stereocenters. The minimum absolute atomic E-state index is 0.296. The topological polar surface area (TPSA) is 85.6 Å². The van der Waals surface area contributed by atoms with Crippen LogP contribution in [-0.2, 0) is 19.5 Å². The van der Waals surface area contributed by atoms with Crippen LogP contribution in [0.15, 0.2) is 23.2 Å². The van der Waals surface area contributed by atoms with Crippen LogP contribution in [0.2, 0.25) is 0 Å². The summed E-state index contributed by atoms with van der Waals surface area (Å²) in [4.78, 5) is 4.32. The van der Waals surface area contributed by atoms with Gasteiger partial charge < -0.3 is 24.7 Å². The number of hydrogen-bond donors (Lipinski definition) is 2. The molecule has 0 bridgehead atoms. The fourth-order valence-electron chi connectivity index (χ4n) is 3.39. The molecule has 2 aliphatic rings. The predicted octanol–water partition coefficient (Wildman–Crippen LogP) is 1.24. The molecule has 8 nitrogen and oxygen atoms in total. The third kappa shape index (κ3) is 3.44. The molecule has 2 N–H and O–H groups in total. The second kappa shape index (κ2) is 7.23. The highest BCUT2D eigenvalue weighted by molar-refractivity contribution is 5.79. The zero-order valence-corrected chi connectivity index (χ0v) is 15.2. The van der Waals surface area contributed by atoms with Crippen molar-refractivity contribution in [2.24, 2.45) is 10.9 Å². The van der Waals surface area contributed by atoms with Crippen LogP contribution in [-0.4, -0.2) is 41.1 Å². The summed E-state index contributed by atoms with van der Waals surface area (Å²) in [5.74, 6) is 5.04.